The smallest absolute Gasteiger partial charge is 0.129 e. The van der Waals surface area contributed by atoms with Crippen LogP contribution in [0.2, 0.25) is 0 Å². The van der Waals surface area contributed by atoms with E-state index in [0.717, 1.165) is 18.9 Å². The molecule has 3 N–H and O–H groups in total. The first-order valence-corrected chi connectivity index (χ1v) is 6.57. The number of hydrogen-bond donors (Lipinski definition) is 2. The second-order valence-corrected chi connectivity index (χ2v) is 4.65. The lowest BCUT2D eigenvalue weighted by molar-refractivity contribution is 0.454. The zero-order valence-electron chi connectivity index (χ0n) is 10.9. The van der Waals surface area contributed by atoms with Crippen LogP contribution in [-0.2, 0) is 6.42 Å². The molecule has 0 fully saturated rings. The van der Waals surface area contributed by atoms with Crippen LogP contribution < -0.4 is 11.3 Å². The first kappa shape index (κ1) is 15.1. The zero-order chi connectivity index (χ0) is 13.4. The Morgan fingerprint density at radius 3 is 2.61 bits per heavy atom. The van der Waals surface area contributed by atoms with Gasteiger partial charge in [-0.2, -0.15) is 0 Å². The van der Waals surface area contributed by atoms with E-state index in [0.29, 0.717) is 12.0 Å². The van der Waals surface area contributed by atoms with Crippen molar-refractivity contribution in [3.05, 3.63) is 35.4 Å². The van der Waals surface area contributed by atoms with Crippen molar-refractivity contribution < 1.29 is 8.78 Å². The van der Waals surface area contributed by atoms with E-state index in [4.69, 9.17) is 5.84 Å². The van der Waals surface area contributed by atoms with Gasteiger partial charge in [0, 0.05) is 12.1 Å². The predicted octanol–water partition coefficient (Wildman–Crippen LogP) is 3.31. The van der Waals surface area contributed by atoms with Crippen LogP contribution in [0.25, 0.3) is 0 Å². The quantitative estimate of drug-likeness (QED) is 0.425. The van der Waals surface area contributed by atoms with Crippen LogP contribution in [-0.4, -0.2) is 6.04 Å². The number of hydrazine groups is 1. The Morgan fingerprint density at radius 1 is 1.22 bits per heavy atom. The average Bonchev–Trinajstić information content (AvgIpc) is 2.35. The maximum Gasteiger partial charge on any atom is 0.129 e. The number of hydrogen-bond acceptors (Lipinski definition) is 2. The van der Waals surface area contributed by atoms with Gasteiger partial charge in [0.15, 0.2) is 0 Å². The van der Waals surface area contributed by atoms with Crippen molar-refractivity contribution in [1.82, 2.24) is 5.43 Å². The van der Waals surface area contributed by atoms with Gasteiger partial charge in [-0.3, -0.25) is 11.3 Å². The molecule has 18 heavy (non-hydrogen) atoms. The fourth-order valence-electron chi connectivity index (χ4n) is 2.01. The van der Waals surface area contributed by atoms with E-state index in [1.165, 1.54) is 31.4 Å². The fourth-order valence-corrected chi connectivity index (χ4v) is 2.01. The summed E-state index contributed by atoms with van der Waals surface area (Å²) in [4.78, 5) is 0. The summed E-state index contributed by atoms with van der Waals surface area (Å²) in [5, 5.41) is 0. The van der Waals surface area contributed by atoms with Crippen LogP contribution in [0.15, 0.2) is 18.2 Å². The van der Waals surface area contributed by atoms with Crippen LogP contribution in [0.1, 0.15) is 44.6 Å². The van der Waals surface area contributed by atoms with Gasteiger partial charge in [-0.05, 0) is 24.5 Å². The average molecular weight is 256 g/mol. The van der Waals surface area contributed by atoms with Gasteiger partial charge in [0.1, 0.15) is 11.6 Å². The van der Waals surface area contributed by atoms with E-state index in [1.807, 2.05) is 0 Å². The molecule has 0 heterocycles. The normalized spacial score (nSPS) is 12.7. The van der Waals surface area contributed by atoms with Crippen LogP contribution in [0.3, 0.4) is 0 Å². The van der Waals surface area contributed by atoms with E-state index in [9.17, 15) is 8.78 Å². The van der Waals surface area contributed by atoms with Gasteiger partial charge in [-0.1, -0.05) is 38.7 Å². The van der Waals surface area contributed by atoms with Gasteiger partial charge < -0.3 is 0 Å². The van der Waals surface area contributed by atoms with Crippen molar-refractivity contribution in [2.24, 2.45) is 5.84 Å². The molecule has 0 aromatic heterocycles. The van der Waals surface area contributed by atoms with E-state index in [2.05, 4.69) is 12.3 Å². The topological polar surface area (TPSA) is 38.0 Å². The number of nitrogens with one attached hydrogen (secondary N) is 1. The third-order valence-electron chi connectivity index (χ3n) is 3.12. The predicted molar refractivity (Wildman–Crippen MR) is 69.9 cm³/mol. The molecule has 102 valence electrons. The molecule has 1 aromatic rings. The molecule has 0 bridgehead atoms. The van der Waals surface area contributed by atoms with Crippen molar-refractivity contribution in [3.8, 4) is 0 Å². The number of rotatable bonds is 8. The molecule has 0 aliphatic carbocycles. The molecule has 2 nitrogen and oxygen atoms in total. The molecule has 0 saturated carbocycles. The number of unbranched alkanes of at least 4 members (excludes halogenated alkanes) is 3. The highest BCUT2D eigenvalue weighted by Gasteiger charge is 2.11. The van der Waals surface area contributed by atoms with E-state index in [-0.39, 0.29) is 6.04 Å². The first-order valence-electron chi connectivity index (χ1n) is 6.57. The SMILES string of the molecule is CCCCCCC(Cc1ccc(F)cc1F)NN. The van der Waals surface area contributed by atoms with E-state index >= 15 is 0 Å². The summed E-state index contributed by atoms with van der Waals surface area (Å²) in [5.74, 6) is 4.43. The maximum atomic E-state index is 13.5. The molecular formula is C14H22F2N2. The largest absolute Gasteiger partial charge is 0.271 e. The minimum absolute atomic E-state index is 0.0433. The Labute approximate surface area is 108 Å². The van der Waals surface area contributed by atoms with Gasteiger partial charge in [0.25, 0.3) is 0 Å². The second kappa shape index (κ2) is 8.16. The molecule has 0 amide bonds. The maximum absolute atomic E-state index is 13.5. The molecule has 0 aliphatic heterocycles. The molecule has 1 rings (SSSR count). The van der Waals surface area contributed by atoms with Gasteiger partial charge >= 0.3 is 0 Å². The van der Waals surface area contributed by atoms with E-state index < -0.39 is 11.6 Å². The van der Waals surface area contributed by atoms with Gasteiger partial charge in [-0.15, -0.1) is 0 Å². The Kier molecular flexibility index (Phi) is 6.83. The Hall–Kier alpha value is -1.00. The summed E-state index contributed by atoms with van der Waals surface area (Å²) < 4.78 is 26.3. The first-order chi connectivity index (χ1) is 8.67. The highest BCUT2D eigenvalue weighted by atomic mass is 19.1. The highest BCUT2D eigenvalue weighted by Crippen LogP contribution is 2.14. The molecule has 0 aliphatic rings. The lowest BCUT2D eigenvalue weighted by Crippen LogP contribution is -2.36. The molecule has 1 atom stereocenters. The minimum atomic E-state index is -0.545. The van der Waals surface area contributed by atoms with Crippen molar-refractivity contribution in [1.29, 1.82) is 0 Å². The molecule has 0 saturated heterocycles. The zero-order valence-corrected chi connectivity index (χ0v) is 10.9. The van der Waals surface area contributed by atoms with Crippen LogP contribution in [0.5, 0.6) is 0 Å². The summed E-state index contributed by atoms with van der Waals surface area (Å²) in [6.07, 6.45) is 6.05. The molecule has 1 aromatic carbocycles. The van der Waals surface area contributed by atoms with Gasteiger partial charge in [0.05, 0.1) is 0 Å². The lowest BCUT2D eigenvalue weighted by Gasteiger charge is -2.16. The standard InChI is InChI=1S/C14H22F2N2/c1-2-3-4-5-6-13(18-17)9-11-7-8-12(15)10-14(11)16/h7-8,10,13,18H,2-6,9,17H2,1H3. The Bertz CT molecular complexity index is 356. The third kappa shape index (κ3) is 5.10. The number of benzene rings is 1. The number of halogens is 2. The minimum Gasteiger partial charge on any atom is -0.271 e. The number of nitrogens with two attached hydrogens (primary N) is 1. The van der Waals surface area contributed by atoms with Gasteiger partial charge in [-0.25, -0.2) is 8.78 Å². The van der Waals surface area contributed by atoms with Crippen molar-refractivity contribution in [2.45, 2.75) is 51.5 Å². The summed E-state index contributed by atoms with van der Waals surface area (Å²) in [5.41, 5.74) is 3.22. The van der Waals surface area contributed by atoms with Crippen molar-refractivity contribution in [2.75, 3.05) is 0 Å². The second-order valence-electron chi connectivity index (χ2n) is 4.65. The molecule has 0 radical (unpaired) electrons. The Balaban J connectivity index is 2.46. The molecule has 4 heteroatoms. The lowest BCUT2D eigenvalue weighted by atomic mass is 10.00. The summed E-state index contributed by atoms with van der Waals surface area (Å²) in [7, 11) is 0. The summed E-state index contributed by atoms with van der Waals surface area (Å²) >= 11 is 0. The van der Waals surface area contributed by atoms with Crippen LogP contribution in [0.4, 0.5) is 8.78 Å². The fraction of sp³-hybridized carbons (Fsp3) is 0.571. The summed E-state index contributed by atoms with van der Waals surface area (Å²) in [6.45, 7) is 2.16. The molecule has 0 spiro atoms. The Morgan fingerprint density at radius 2 is 2.00 bits per heavy atom. The van der Waals surface area contributed by atoms with Crippen molar-refractivity contribution in [3.63, 3.8) is 0 Å². The van der Waals surface area contributed by atoms with E-state index in [1.54, 1.807) is 0 Å². The monoisotopic (exact) mass is 256 g/mol. The van der Waals surface area contributed by atoms with Gasteiger partial charge in [0.2, 0.25) is 0 Å². The summed E-state index contributed by atoms with van der Waals surface area (Å²) in [6, 6.07) is 3.73. The van der Waals surface area contributed by atoms with Crippen LogP contribution >= 0.6 is 0 Å². The third-order valence-corrected chi connectivity index (χ3v) is 3.12. The molecule has 1 unspecified atom stereocenters. The van der Waals surface area contributed by atoms with Crippen molar-refractivity contribution >= 4 is 0 Å². The highest BCUT2D eigenvalue weighted by molar-refractivity contribution is 5.19. The molecular weight excluding hydrogens is 234 g/mol. The van der Waals surface area contributed by atoms with Crippen LogP contribution in [0, 0.1) is 11.6 Å².